The molecule has 3 amide bonds. The molecule has 13 heteroatoms. The molecule has 296 valence electrons. The van der Waals surface area contributed by atoms with Gasteiger partial charge < -0.3 is 34.9 Å². The molecule has 0 saturated heterocycles. The number of nitrogens with one attached hydrogen (secondary N) is 3. The van der Waals surface area contributed by atoms with Crippen molar-refractivity contribution in [2.75, 3.05) is 38.6 Å². The Morgan fingerprint density at radius 2 is 1.62 bits per heavy atom. The lowest BCUT2D eigenvalue weighted by molar-refractivity contribution is -0.115. The predicted molar refractivity (Wildman–Crippen MR) is 222 cm³/mol. The number of carbonyl (C=O) groups is 4. The van der Waals surface area contributed by atoms with Gasteiger partial charge in [0.25, 0.3) is 11.8 Å². The number of benzene rings is 3. The fourth-order valence-corrected chi connectivity index (χ4v) is 8.69. The zero-order chi connectivity index (χ0) is 40.6. The molecule has 1 heterocycles. The summed E-state index contributed by atoms with van der Waals surface area (Å²) in [7, 11) is 4.47. The highest BCUT2D eigenvalue weighted by Crippen LogP contribution is 2.45. The van der Waals surface area contributed by atoms with Gasteiger partial charge in [0.05, 0.1) is 38.7 Å². The molecule has 3 N–H and O–H groups in total. The van der Waals surface area contributed by atoms with Crippen LogP contribution in [0, 0.1) is 11.3 Å². The number of esters is 1. The monoisotopic (exact) mass is 799 g/mol. The Morgan fingerprint density at radius 3 is 2.25 bits per heavy atom. The maximum atomic E-state index is 13.9. The highest BCUT2D eigenvalue weighted by Gasteiger charge is 2.35. The molecule has 2 unspecified atom stereocenters. The van der Waals surface area contributed by atoms with Gasteiger partial charge in [-0.25, -0.2) is 4.79 Å². The second-order valence-corrected chi connectivity index (χ2v) is 16.8. The molecule has 0 radical (unpaired) electrons. The molecule has 2 atom stereocenters. The van der Waals surface area contributed by atoms with Gasteiger partial charge in [0.15, 0.2) is 11.5 Å². The molecule has 0 aliphatic heterocycles. The van der Waals surface area contributed by atoms with Crippen LogP contribution < -0.4 is 30.2 Å². The predicted octanol–water partition coefficient (Wildman–Crippen LogP) is 8.63. The third-order valence-corrected chi connectivity index (χ3v) is 11.8. The van der Waals surface area contributed by atoms with Crippen LogP contribution in [-0.2, 0) is 27.2 Å². The van der Waals surface area contributed by atoms with Gasteiger partial charge in [0.1, 0.15) is 10.7 Å². The van der Waals surface area contributed by atoms with Crippen molar-refractivity contribution >= 4 is 63.6 Å². The summed E-state index contributed by atoms with van der Waals surface area (Å²) in [6.07, 6.45) is 4.09. The maximum absolute atomic E-state index is 13.9. The first-order valence-corrected chi connectivity index (χ1v) is 20.0. The van der Waals surface area contributed by atoms with E-state index in [4.69, 9.17) is 18.9 Å². The molecule has 0 saturated carbocycles. The van der Waals surface area contributed by atoms with E-state index in [1.54, 1.807) is 74.5 Å². The van der Waals surface area contributed by atoms with E-state index in [2.05, 4.69) is 36.7 Å². The highest BCUT2D eigenvalue weighted by atomic mass is 32.2. The lowest BCUT2D eigenvalue weighted by Gasteiger charge is -2.33. The first kappa shape index (κ1) is 41.9. The Bertz CT molecular complexity index is 2080. The second kappa shape index (κ2) is 18.6. The zero-order valence-corrected chi connectivity index (χ0v) is 34.6. The molecular formula is C43H49N3O8S2. The highest BCUT2D eigenvalue weighted by molar-refractivity contribution is 8.00. The van der Waals surface area contributed by atoms with Crippen LogP contribution in [0.1, 0.15) is 77.8 Å². The van der Waals surface area contributed by atoms with Crippen molar-refractivity contribution in [2.24, 2.45) is 11.3 Å². The van der Waals surface area contributed by atoms with Crippen LogP contribution in [0.5, 0.6) is 17.2 Å². The molecule has 5 rings (SSSR count). The van der Waals surface area contributed by atoms with Gasteiger partial charge in [-0.05, 0) is 104 Å². The Balaban J connectivity index is 1.35. The molecule has 1 aromatic heterocycles. The zero-order valence-electron chi connectivity index (χ0n) is 33.0. The summed E-state index contributed by atoms with van der Waals surface area (Å²) in [5.41, 5.74) is 2.85. The summed E-state index contributed by atoms with van der Waals surface area (Å²) in [4.78, 5) is 55.8. The molecule has 4 aromatic rings. The molecule has 0 spiro atoms. The van der Waals surface area contributed by atoms with E-state index in [0.29, 0.717) is 50.5 Å². The van der Waals surface area contributed by atoms with E-state index >= 15 is 0 Å². The van der Waals surface area contributed by atoms with Gasteiger partial charge >= 0.3 is 5.97 Å². The van der Waals surface area contributed by atoms with Gasteiger partial charge in [0.2, 0.25) is 11.7 Å². The number of thiophene rings is 1. The van der Waals surface area contributed by atoms with Gasteiger partial charge in [-0.1, -0.05) is 45.0 Å². The third-order valence-electron chi connectivity index (χ3n) is 9.51. The van der Waals surface area contributed by atoms with E-state index in [1.807, 2.05) is 6.07 Å². The van der Waals surface area contributed by atoms with Crippen LogP contribution in [-0.4, -0.2) is 56.9 Å². The minimum atomic E-state index is -0.585. The molecular weight excluding hydrogens is 751 g/mol. The van der Waals surface area contributed by atoms with E-state index in [-0.39, 0.29) is 23.6 Å². The number of anilines is 2. The van der Waals surface area contributed by atoms with Crippen molar-refractivity contribution in [2.45, 2.75) is 64.0 Å². The number of fused-ring (bicyclic) bond motifs is 1. The van der Waals surface area contributed by atoms with Crippen LogP contribution in [0.2, 0.25) is 0 Å². The summed E-state index contributed by atoms with van der Waals surface area (Å²) in [5.74, 6) is -0.145. The minimum absolute atomic E-state index is 0.0382. The molecule has 1 aliphatic carbocycles. The first-order chi connectivity index (χ1) is 26.8. The Kier molecular flexibility index (Phi) is 13.9. The molecule has 56 heavy (non-hydrogen) atoms. The number of rotatable bonds is 14. The topological polar surface area (TPSA) is 141 Å². The molecule has 11 nitrogen and oxygen atoms in total. The Hall–Kier alpha value is -5.27. The number of amides is 3. The van der Waals surface area contributed by atoms with Crippen LogP contribution in [0.3, 0.4) is 0 Å². The summed E-state index contributed by atoms with van der Waals surface area (Å²) in [6, 6.07) is 19.0. The first-order valence-electron chi connectivity index (χ1n) is 18.3. The fourth-order valence-electron chi connectivity index (χ4n) is 6.44. The SMILES string of the molecule is CCOC(=O)c1c(NC(=O)C(C)Sc2cccc(NC(=O)/C(=C\c3cc(OC)c(OC)c(OC)c3)NC(=O)c3ccccc3)c2)sc2c1CCC(C(C)(C)C)C2. The summed E-state index contributed by atoms with van der Waals surface area (Å²) < 4.78 is 21.8. The quantitative estimate of drug-likeness (QED) is 0.0650. The van der Waals surface area contributed by atoms with Crippen molar-refractivity contribution in [1.82, 2.24) is 5.32 Å². The number of hydrogen-bond donors (Lipinski definition) is 3. The maximum Gasteiger partial charge on any atom is 0.341 e. The Morgan fingerprint density at radius 1 is 0.929 bits per heavy atom. The molecule has 0 fully saturated rings. The van der Waals surface area contributed by atoms with Gasteiger partial charge in [-0.15, -0.1) is 23.1 Å². The number of methoxy groups -OCH3 is 3. The summed E-state index contributed by atoms with van der Waals surface area (Å²) in [5, 5.41) is 8.62. The smallest absolute Gasteiger partial charge is 0.341 e. The van der Waals surface area contributed by atoms with Crippen LogP contribution in [0.15, 0.2) is 77.3 Å². The van der Waals surface area contributed by atoms with Crippen LogP contribution >= 0.6 is 23.1 Å². The van der Waals surface area contributed by atoms with Crippen molar-refractivity contribution in [1.29, 1.82) is 0 Å². The molecule has 0 bridgehead atoms. The second-order valence-electron chi connectivity index (χ2n) is 14.3. The van der Waals surface area contributed by atoms with Crippen molar-refractivity contribution in [3.05, 3.63) is 99.6 Å². The number of carbonyl (C=O) groups excluding carboxylic acids is 4. The van der Waals surface area contributed by atoms with Crippen LogP contribution in [0.4, 0.5) is 10.7 Å². The molecule has 1 aliphatic rings. The third kappa shape index (κ3) is 10.1. The minimum Gasteiger partial charge on any atom is -0.493 e. The van der Waals surface area contributed by atoms with Gasteiger partial charge in [-0.2, -0.15) is 0 Å². The van der Waals surface area contributed by atoms with Gasteiger partial charge in [-0.3, -0.25) is 14.4 Å². The Labute approximate surface area is 336 Å². The van der Waals surface area contributed by atoms with Crippen LogP contribution in [0.25, 0.3) is 6.08 Å². The normalized spacial score (nSPS) is 14.5. The van der Waals surface area contributed by atoms with E-state index in [0.717, 1.165) is 34.6 Å². The summed E-state index contributed by atoms with van der Waals surface area (Å²) in [6.45, 7) is 10.5. The van der Waals surface area contributed by atoms with E-state index in [9.17, 15) is 19.2 Å². The standard InChI is InChI=1S/C43H49N3O8S2/c1-9-54-42(50)36-31-19-18-28(43(3,4)5)23-35(31)56-41(36)46-38(47)25(2)55-30-17-13-16-29(24-30)44-40(49)32(45-39(48)27-14-11-10-12-15-27)20-26-21-33(51-6)37(53-8)34(22-26)52-7/h10-17,20-22,24-25,28H,9,18-19,23H2,1-8H3,(H,44,49)(H,45,48)(H,46,47)/b32-20+. The fraction of sp³-hybridized carbons (Fsp3) is 0.349. The van der Waals surface area contributed by atoms with E-state index < -0.39 is 23.0 Å². The number of thioether (sulfide) groups is 1. The summed E-state index contributed by atoms with van der Waals surface area (Å²) >= 11 is 2.77. The lowest BCUT2D eigenvalue weighted by atomic mass is 9.72. The van der Waals surface area contributed by atoms with Crippen molar-refractivity contribution < 1.29 is 38.1 Å². The van der Waals surface area contributed by atoms with Crippen molar-refractivity contribution in [3.63, 3.8) is 0 Å². The average molecular weight is 800 g/mol. The van der Waals surface area contributed by atoms with Gasteiger partial charge in [0, 0.05) is 21.0 Å². The lowest BCUT2D eigenvalue weighted by Crippen LogP contribution is -2.30. The number of hydrogen-bond acceptors (Lipinski definition) is 10. The molecule has 3 aromatic carbocycles. The average Bonchev–Trinajstić information content (AvgIpc) is 3.54. The van der Waals surface area contributed by atoms with E-state index in [1.165, 1.54) is 50.5 Å². The number of ether oxygens (including phenoxy) is 4. The largest absolute Gasteiger partial charge is 0.493 e. The van der Waals surface area contributed by atoms with Crippen molar-refractivity contribution in [3.8, 4) is 17.2 Å².